The number of aryl methyl sites for hydroxylation is 8. The molecule has 18 aromatic rings. The third kappa shape index (κ3) is 21.5. The summed E-state index contributed by atoms with van der Waals surface area (Å²) in [5.74, 6) is -2.07. The third-order valence-electron chi connectivity index (χ3n) is 26.6. The molecule has 0 aliphatic carbocycles. The molecule has 12 nitrogen and oxygen atoms in total. The minimum Gasteiger partial charge on any atom is -0.260 e. The average Bonchev–Trinajstić information content (AvgIpc) is 0.746. The van der Waals surface area contributed by atoms with Gasteiger partial charge in [-0.2, -0.15) is 178 Å². The molecule has 3 aliphatic heterocycles. The molecule has 0 saturated heterocycles. The van der Waals surface area contributed by atoms with E-state index in [1.54, 1.807) is 0 Å². The summed E-state index contributed by atoms with van der Waals surface area (Å²) in [5.41, 5.74) is 38.4. The fourth-order valence-electron chi connectivity index (χ4n) is 19.7. The number of hydrogen-bond donors (Lipinski definition) is 0. The van der Waals surface area contributed by atoms with E-state index in [1.807, 2.05) is 73.2 Å². The van der Waals surface area contributed by atoms with Crippen molar-refractivity contribution in [1.29, 1.82) is 0 Å². The minimum atomic E-state index is -0.307. The first-order chi connectivity index (χ1) is 66.0. The van der Waals surface area contributed by atoms with Crippen molar-refractivity contribution in [3.63, 3.8) is 0 Å². The molecule has 6 unspecified atom stereocenters. The van der Waals surface area contributed by atoms with E-state index in [0.29, 0.717) is 0 Å². The van der Waals surface area contributed by atoms with Gasteiger partial charge in [0.2, 0.25) is 0 Å². The maximum absolute atomic E-state index is 5.69. The summed E-state index contributed by atoms with van der Waals surface area (Å²) >= 11 is 0. The predicted molar refractivity (Wildman–Crippen MR) is 545 cm³/mol. The quantitative estimate of drug-likeness (QED) is 0.126. The smallest absolute Gasteiger partial charge is 0.260 e. The molecule has 12 aromatic heterocycles. The van der Waals surface area contributed by atoms with Crippen LogP contribution in [0.2, 0.25) is 0 Å². The molecule has 6 aromatic carbocycles. The summed E-state index contributed by atoms with van der Waals surface area (Å²) in [6, 6.07) is 125. The van der Waals surface area contributed by atoms with E-state index >= 15 is 0 Å². The molecule has 18 bridgehead atoms. The van der Waals surface area contributed by atoms with Gasteiger partial charge >= 0.3 is 59.4 Å². The molecule has 0 N–H and O–H groups in total. The molecule has 0 radical (unpaired) electrons. The van der Waals surface area contributed by atoms with Gasteiger partial charge in [0.15, 0.2) is 0 Å². The van der Waals surface area contributed by atoms with Crippen molar-refractivity contribution in [3.8, 4) is 0 Å². The van der Waals surface area contributed by atoms with Crippen molar-refractivity contribution in [2.45, 2.75) is 187 Å². The van der Waals surface area contributed by atoms with Crippen LogP contribution >= 0.6 is 0 Å². The normalized spacial score (nSPS) is 17.2. The van der Waals surface area contributed by atoms with Crippen LogP contribution < -0.4 is 0 Å². The zero-order valence-electron chi connectivity index (χ0n) is 82.1. The van der Waals surface area contributed by atoms with E-state index < -0.39 is 0 Å². The summed E-state index contributed by atoms with van der Waals surface area (Å²) in [4.78, 5) is 63.6. The van der Waals surface area contributed by atoms with Gasteiger partial charge in [-0.15, -0.1) is 33.4 Å². The standard InChI is InChI=1S/C49H52N4.C39H32N4.C37H28N4.3Os/c1-30-16-14-18-32(22-30)44-38-24-34(47(3,4)5)25-39(51-38)45(33-19-15-17-31(2)23-33)41-27-36(49(9,10)11)29-43(53-41)46(37-20-12-13-21-50-37)42-28-35(48(6,7)8)26-40(44)52-42;1-24-17-19-28(26(3)22-24)37-31-11-7-12-32(41-31)38(29-20-18-25(2)23-27(29)4)34-14-9-16-36(43-34)39(30-10-5-6-21-40-30)35-15-8-13-33(37)42-35;1-24-10-5-12-26(22-24)35-29-15-7-16-30(39-29)36(27-13-6-11-25(2)23-27)32-18-9-20-34(41-32)37(28-14-3-4-21-38-28)33-19-8-17-31(35)40-33;;;/h12-17,20-29,44-46H,1-11H3;5-18,21-23,37-39H,1-4H3;3-11,14-23,35-37H,1-2H3;;;/q3*-2;3*+2. The van der Waals surface area contributed by atoms with Crippen LogP contribution in [0.4, 0.5) is 0 Å². The molecule has 15 heteroatoms. The first-order valence-corrected chi connectivity index (χ1v) is 47.6. The van der Waals surface area contributed by atoms with Crippen molar-refractivity contribution < 1.29 is 59.4 Å². The van der Waals surface area contributed by atoms with Crippen LogP contribution in [0.15, 0.2) is 316 Å². The Morgan fingerprint density at radius 2 is 0.393 bits per heavy atom. The van der Waals surface area contributed by atoms with Gasteiger partial charge < -0.3 is 0 Å². The number of rotatable bonds is 9. The largest absolute Gasteiger partial charge is 2.00 e. The molecule has 21 rings (SSSR count). The second kappa shape index (κ2) is 42.2. The monoisotopic (exact) mass is 2360 g/mol. The van der Waals surface area contributed by atoms with Crippen molar-refractivity contribution >= 4 is 0 Å². The summed E-state index contributed by atoms with van der Waals surface area (Å²) in [6.45, 7) is 37.5. The Morgan fingerprint density at radius 1 is 0.193 bits per heavy atom. The topological polar surface area (TPSA) is 155 Å². The van der Waals surface area contributed by atoms with E-state index in [-0.39, 0.29) is 129 Å². The Hall–Kier alpha value is -13.0. The Kier molecular flexibility index (Phi) is 30.2. The summed E-state index contributed by atoms with van der Waals surface area (Å²) in [6.07, 6.45) is 5.56. The Morgan fingerprint density at radius 3 is 0.607 bits per heavy atom. The average molecular weight is 2350 g/mol. The molecule has 696 valence electrons. The zero-order chi connectivity index (χ0) is 95.1. The molecule has 6 atom stereocenters. The minimum absolute atomic E-state index is 0. The second-order valence-corrected chi connectivity index (χ2v) is 40.3. The van der Waals surface area contributed by atoms with E-state index in [4.69, 9.17) is 59.8 Å². The van der Waals surface area contributed by atoms with Crippen LogP contribution in [0.3, 0.4) is 0 Å². The summed E-state index contributed by atoms with van der Waals surface area (Å²) < 4.78 is 0. The van der Waals surface area contributed by atoms with Crippen LogP contribution in [-0.4, -0.2) is 59.8 Å². The maximum atomic E-state index is 5.69. The fraction of sp³-hybridized carbons (Fsp3) is 0.232. The summed E-state index contributed by atoms with van der Waals surface area (Å²) in [7, 11) is 0. The molecule has 0 spiro atoms. The van der Waals surface area contributed by atoms with E-state index in [1.165, 1.54) is 61.2 Å². The first-order valence-electron chi connectivity index (χ1n) is 47.6. The predicted octanol–water partition coefficient (Wildman–Crippen LogP) is 26.5. The molecule has 15 heterocycles. The first kappa shape index (κ1) is 100. The van der Waals surface area contributed by atoms with E-state index in [2.05, 4.69) is 397 Å². The molecule has 0 fully saturated rings. The number of pyridine rings is 12. The number of hydrogen-bond acceptors (Lipinski definition) is 12. The van der Waals surface area contributed by atoms with Crippen LogP contribution in [0.1, 0.15) is 330 Å². The third-order valence-corrected chi connectivity index (χ3v) is 26.6. The van der Waals surface area contributed by atoms with E-state index in [0.717, 1.165) is 153 Å². The van der Waals surface area contributed by atoms with Gasteiger partial charge in [0.1, 0.15) is 0 Å². The van der Waals surface area contributed by atoms with Crippen LogP contribution in [0, 0.1) is 91.8 Å². The number of nitrogens with zero attached hydrogens (tertiary/aromatic N) is 12. The van der Waals surface area contributed by atoms with Gasteiger partial charge in [-0.05, 0) is 179 Å². The molecule has 3 aliphatic rings. The van der Waals surface area contributed by atoms with Gasteiger partial charge in [0, 0.05) is 54.1 Å². The van der Waals surface area contributed by atoms with Gasteiger partial charge in [0.25, 0.3) is 0 Å². The Bertz CT molecular complexity index is 7130. The SMILES string of the molecule is Cc1c[c-]c(C2c3cccc(n3)C(c3ccccn3)c3cccc(n3)C(c3[c-]cc(C)cc3C)c3cccc2n3)c(C)c1.Cc1cc[c-]c(C2c3cc(C(C)(C)C)cc(n3)C(c3[c-]ccc(C)c3)c3cc(C(C)(C)C)cc(n3)C(c3ccccn3)c3cc(C(C)(C)C)cc2n3)c1.Cc1cc[c-]c(C2c3cccc(n3)C(c3[c-]ccc(C)c3)c3cccc(n3)C(c3ccccn3)c3cccc2n3)c1.[Os+2].[Os+2].[Os+2]. The molecular formula is C125H112N12Os3. The van der Waals surface area contributed by atoms with Crippen LogP contribution in [0.5, 0.6) is 0 Å². The molecule has 0 saturated carbocycles. The molecular weight excluding hydrogens is 2240 g/mol. The second-order valence-electron chi connectivity index (χ2n) is 40.3. The Balaban J connectivity index is 0.000000151. The van der Waals surface area contributed by atoms with Crippen molar-refractivity contribution in [2.75, 3.05) is 0 Å². The fourth-order valence-corrected chi connectivity index (χ4v) is 19.7. The Labute approximate surface area is 865 Å². The summed E-state index contributed by atoms with van der Waals surface area (Å²) in [5, 5.41) is 0. The molecule has 0 amide bonds. The van der Waals surface area contributed by atoms with Gasteiger partial charge in [-0.25, -0.2) is 0 Å². The maximum Gasteiger partial charge on any atom is 2.00 e. The van der Waals surface area contributed by atoms with Crippen molar-refractivity contribution in [3.05, 3.63) is 566 Å². The van der Waals surface area contributed by atoms with Crippen molar-refractivity contribution in [2.24, 2.45) is 0 Å². The zero-order valence-corrected chi connectivity index (χ0v) is 89.8. The number of benzene rings is 6. The number of aromatic nitrogens is 12. The van der Waals surface area contributed by atoms with Crippen molar-refractivity contribution in [1.82, 2.24) is 59.8 Å². The van der Waals surface area contributed by atoms with E-state index in [9.17, 15) is 0 Å². The van der Waals surface area contributed by atoms with Crippen LogP contribution in [0.25, 0.3) is 0 Å². The van der Waals surface area contributed by atoms with Gasteiger partial charge in [-0.1, -0.05) is 172 Å². The number of fused-ring (bicyclic) bond motifs is 18. The molecule has 140 heavy (non-hydrogen) atoms. The van der Waals surface area contributed by atoms with Gasteiger partial charge in [-0.3, -0.25) is 59.8 Å². The van der Waals surface area contributed by atoms with Crippen LogP contribution in [-0.2, 0) is 75.6 Å². The van der Waals surface area contributed by atoms with Gasteiger partial charge in [0.05, 0.1) is 137 Å².